The molecule has 5 nitrogen and oxygen atoms in total. The van der Waals surface area contributed by atoms with Crippen molar-refractivity contribution in [3.63, 3.8) is 0 Å². The van der Waals surface area contributed by atoms with E-state index in [1.54, 1.807) is 0 Å². The summed E-state index contributed by atoms with van der Waals surface area (Å²) in [7, 11) is 1.47. The van der Waals surface area contributed by atoms with E-state index in [0.717, 1.165) is 12.8 Å². The van der Waals surface area contributed by atoms with E-state index in [-0.39, 0.29) is 11.7 Å². The predicted octanol–water partition coefficient (Wildman–Crippen LogP) is 1.33. The number of aromatic nitrogens is 1. The van der Waals surface area contributed by atoms with Gasteiger partial charge in [0.25, 0.3) is 5.88 Å². The van der Waals surface area contributed by atoms with E-state index in [1.807, 2.05) is 0 Å². The van der Waals surface area contributed by atoms with Gasteiger partial charge >= 0.3 is 5.97 Å². The zero-order valence-corrected chi connectivity index (χ0v) is 8.27. The Hall–Kier alpha value is -1.78. The number of pyridine rings is 1. The van der Waals surface area contributed by atoms with Crippen molar-refractivity contribution < 1.29 is 19.4 Å². The van der Waals surface area contributed by atoms with Gasteiger partial charge in [0.05, 0.1) is 18.8 Å². The highest BCUT2D eigenvalue weighted by Gasteiger charge is 2.25. The van der Waals surface area contributed by atoms with Crippen LogP contribution in [0.25, 0.3) is 0 Å². The van der Waals surface area contributed by atoms with Gasteiger partial charge in [-0.15, -0.1) is 0 Å². The average molecular weight is 209 g/mol. The number of carbonyl (C=O) groups is 1. The van der Waals surface area contributed by atoms with Crippen molar-refractivity contribution >= 4 is 5.97 Å². The zero-order chi connectivity index (χ0) is 10.8. The van der Waals surface area contributed by atoms with Gasteiger partial charge in [-0.25, -0.2) is 9.78 Å². The molecule has 0 bridgehead atoms. The molecule has 1 aromatic heterocycles. The topological polar surface area (TPSA) is 68.7 Å². The highest BCUT2D eigenvalue weighted by molar-refractivity contribution is 5.87. The third kappa shape index (κ3) is 2.18. The smallest absolute Gasteiger partial charge is 0.337 e. The van der Waals surface area contributed by atoms with Crippen LogP contribution in [-0.2, 0) is 0 Å². The lowest BCUT2D eigenvalue weighted by atomic mass is 10.3. The van der Waals surface area contributed by atoms with Crippen molar-refractivity contribution in [1.29, 1.82) is 0 Å². The molecule has 0 aliphatic heterocycles. The second-order valence-corrected chi connectivity index (χ2v) is 3.35. The van der Waals surface area contributed by atoms with Crippen LogP contribution in [0.15, 0.2) is 12.3 Å². The van der Waals surface area contributed by atoms with Crippen LogP contribution in [0.2, 0.25) is 0 Å². The fourth-order valence-electron chi connectivity index (χ4n) is 1.15. The molecule has 0 amide bonds. The van der Waals surface area contributed by atoms with Gasteiger partial charge in [0, 0.05) is 12.3 Å². The Morgan fingerprint density at radius 2 is 2.33 bits per heavy atom. The molecule has 1 fully saturated rings. The van der Waals surface area contributed by atoms with Gasteiger partial charge in [-0.1, -0.05) is 0 Å². The third-order valence-corrected chi connectivity index (χ3v) is 2.08. The summed E-state index contributed by atoms with van der Waals surface area (Å²) in [5, 5.41) is 8.79. The number of rotatable bonds is 4. The molecule has 1 N–H and O–H groups in total. The molecule has 1 heterocycles. The van der Waals surface area contributed by atoms with Gasteiger partial charge in [-0.2, -0.15) is 0 Å². The lowest BCUT2D eigenvalue weighted by molar-refractivity contribution is 0.0695. The lowest BCUT2D eigenvalue weighted by Gasteiger charge is -2.08. The number of ether oxygens (including phenoxy) is 2. The number of carboxylic acid groups (broad SMARTS) is 1. The van der Waals surface area contributed by atoms with Gasteiger partial charge in [0.1, 0.15) is 0 Å². The molecule has 80 valence electrons. The summed E-state index contributed by atoms with van der Waals surface area (Å²) < 4.78 is 10.5. The summed E-state index contributed by atoms with van der Waals surface area (Å²) in [6, 6.07) is 1.44. The molecule has 1 aromatic rings. The Balaban J connectivity index is 2.28. The van der Waals surface area contributed by atoms with Crippen LogP contribution in [0.3, 0.4) is 0 Å². The molecule has 1 saturated carbocycles. The van der Waals surface area contributed by atoms with Crippen LogP contribution in [0.4, 0.5) is 0 Å². The average Bonchev–Trinajstić information content (AvgIpc) is 3.01. The maximum atomic E-state index is 10.7. The molecule has 0 saturated heterocycles. The van der Waals surface area contributed by atoms with Gasteiger partial charge in [-0.3, -0.25) is 0 Å². The van der Waals surface area contributed by atoms with E-state index >= 15 is 0 Å². The van der Waals surface area contributed by atoms with Gasteiger partial charge in [-0.05, 0) is 12.8 Å². The van der Waals surface area contributed by atoms with E-state index in [9.17, 15) is 4.79 Å². The number of hydrogen-bond acceptors (Lipinski definition) is 4. The van der Waals surface area contributed by atoms with Crippen LogP contribution >= 0.6 is 0 Å². The van der Waals surface area contributed by atoms with E-state index in [2.05, 4.69) is 4.98 Å². The van der Waals surface area contributed by atoms with Gasteiger partial charge in [0.15, 0.2) is 5.75 Å². The number of aromatic carboxylic acids is 1. The number of methoxy groups -OCH3 is 1. The van der Waals surface area contributed by atoms with Crippen LogP contribution in [0.1, 0.15) is 23.2 Å². The van der Waals surface area contributed by atoms with Crippen molar-refractivity contribution in [2.24, 2.45) is 0 Å². The second kappa shape index (κ2) is 3.76. The summed E-state index contributed by atoms with van der Waals surface area (Å²) in [6.45, 7) is 0. The quantitative estimate of drug-likeness (QED) is 0.810. The molecule has 0 aromatic carbocycles. The van der Waals surface area contributed by atoms with E-state index in [0.29, 0.717) is 11.6 Å². The highest BCUT2D eigenvalue weighted by Crippen LogP contribution is 2.32. The fraction of sp³-hybridized carbons (Fsp3) is 0.400. The van der Waals surface area contributed by atoms with Crippen molar-refractivity contribution in [2.75, 3.05) is 7.11 Å². The molecule has 0 radical (unpaired) electrons. The first-order valence-electron chi connectivity index (χ1n) is 4.64. The molecule has 15 heavy (non-hydrogen) atoms. The summed E-state index contributed by atoms with van der Waals surface area (Å²) in [5.41, 5.74) is 0.103. The number of hydrogen-bond donors (Lipinski definition) is 1. The van der Waals surface area contributed by atoms with Crippen LogP contribution in [0, 0.1) is 0 Å². The number of carboxylic acids is 1. The van der Waals surface area contributed by atoms with Gasteiger partial charge < -0.3 is 14.6 Å². The molecule has 1 aliphatic rings. The van der Waals surface area contributed by atoms with Crippen LogP contribution in [0.5, 0.6) is 11.6 Å². The monoisotopic (exact) mass is 209 g/mol. The highest BCUT2D eigenvalue weighted by atomic mass is 16.5. The summed E-state index contributed by atoms with van der Waals surface area (Å²) in [6.07, 6.45) is 3.44. The minimum Gasteiger partial charge on any atom is -0.485 e. The van der Waals surface area contributed by atoms with Crippen molar-refractivity contribution in [1.82, 2.24) is 4.98 Å². The minimum absolute atomic E-state index is 0.103. The Bertz CT molecular complexity index is 387. The van der Waals surface area contributed by atoms with E-state index in [4.69, 9.17) is 14.6 Å². The van der Waals surface area contributed by atoms with Crippen LogP contribution in [-0.4, -0.2) is 29.3 Å². The molecule has 1 aliphatic carbocycles. The van der Waals surface area contributed by atoms with Crippen LogP contribution < -0.4 is 9.47 Å². The van der Waals surface area contributed by atoms with E-state index < -0.39 is 5.97 Å². The van der Waals surface area contributed by atoms with Crippen molar-refractivity contribution in [3.8, 4) is 11.6 Å². The molecule has 0 atom stereocenters. The standard InChI is InChI=1S/C10H11NO4/c1-14-9-8(15-7-2-3-7)4-6(5-11-9)10(12)13/h4-5,7H,2-3H2,1H3,(H,12,13). The lowest BCUT2D eigenvalue weighted by Crippen LogP contribution is -2.03. The fourth-order valence-corrected chi connectivity index (χ4v) is 1.15. The molecular formula is C10H11NO4. The first-order chi connectivity index (χ1) is 7.20. The zero-order valence-electron chi connectivity index (χ0n) is 8.27. The molecule has 0 spiro atoms. The normalized spacial score (nSPS) is 14.7. The Labute approximate surface area is 86.7 Å². The Morgan fingerprint density at radius 1 is 1.60 bits per heavy atom. The summed E-state index contributed by atoms with van der Waals surface area (Å²) in [4.78, 5) is 14.6. The van der Waals surface area contributed by atoms with E-state index in [1.165, 1.54) is 19.4 Å². The molecule has 2 rings (SSSR count). The Morgan fingerprint density at radius 3 is 2.87 bits per heavy atom. The predicted molar refractivity (Wildman–Crippen MR) is 51.4 cm³/mol. The first-order valence-corrected chi connectivity index (χ1v) is 4.64. The minimum atomic E-state index is -1.02. The second-order valence-electron chi connectivity index (χ2n) is 3.35. The van der Waals surface area contributed by atoms with Gasteiger partial charge in [0.2, 0.25) is 0 Å². The molecule has 0 unspecified atom stereocenters. The molecular weight excluding hydrogens is 198 g/mol. The maximum absolute atomic E-state index is 10.7. The molecule has 5 heteroatoms. The first kappa shape index (κ1) is 9.76. The third-order valence-electron chi connectivity index (χ3n) is 2.08. The van der Waals surface area contributed by atoms with Crippen molar-refractivity contribution in [3.05, 3.63) is 17.8 Å². The van der Waals surface area contributed by atoms with Crippen molar-refractivity contribution in [2.45, 2.75) is 18.9 Å². The Kier molecular flexibility index (Phi) is 2.45. The largest absolute Gasteiger partial charge is 0.485 e. The summed E-state index contributed by atoms with van der Waals surface area (Å²) in [5.74, 6) is -0.294. The summed E-state index contributed by atoms with van der Waals surface area (Å²) >= 11 is 0. The maximum Gasteiger partial charge on any atom is 0.337 e. The number of nitrogens with zero attached hydrogens (tertiary/aromatic N) is 1. The SMILES string of the molecule is COc1ncc(C(=O)O)cc1OC1CC1.